The van der Waals surface area contributed by atoms with Crippen LogP contribution in [0.4, 0.5) is 0 Å². The summed E-state index contributed by atoms with van der Waals surface area (Å²) in [5, 5.41) is 11.0. The molecule has 5 heteroatoms. The second-order valence-electron chi connectivity index (χ2n) is 7.26. The van der Waals surface area contributed by atoms with Crippen molar-refractivity contribution < 1.29 is 9.90 Å². The zero-order valence-corrected chi connectivity index (χ0v) is 15.6. The molecule has 1 aromatic heterocycles. The lowest BCUT2D eigenvalue weighted by atomic mass is 10.00. The molecule has 0 unspecified atom stereocenters. The molecule has 0 radical (unpaired) electrons. The standard InChI is InChI=1S/C20H24N2O2S/c1-3-13-4-6-14(7-5-13)19-21-12(2)18(25-19)20(24)22-10-15-8-9-17(23)16(15)11-22/h4-7,15-17,23H,3,8-11H2,1-2H3/t15-,16+,17+/m0/s1. The molecule has 1 saturated heterocycles. The minimum atomic E-state index is -0.238. The van der Waals surface area contributed by atoms with Crippen molar-refractivity contribution in [2.75, 3.05) is 13.1 Å². The highest BCUT2D eigenvalue weighted by Gasteiger charge is 2.43. The third-order valence-corrected chi connectivity index (χ3v) is 6.90. The number of hydrogen-bond acceptors (Lipinski definition) is 4. The largest absolute Gasteiger partial charge is 0.393 e. The van der Waals surface area contributed by atoms with E-state index in [0.29, 0.717) is 12.5 Å². The van der Waals surface area contributed by atoms with Gasteiger partial charge in [-0.1, -0.05) is 31.2 Å². The number of carbonyl (C=O) groups excluding carboxylic acids is 1. The van der Waals surface area contributed by atoms with E-state index in [-0.39, 0.29) is 17.9 Å². The number of aliphatic hydroxyl groups is 1. The predicted molar refractivity (Wildman–Crippen MR) is 99.8 cm³/mol. The van der Waals surface area contributed by atoms with Gasteiger partial charge in [0.1, 0.15) is 9.88 Å². The van der Waals surface area contributed by atoms with E-state index in [9.17, 15) is 9.90 Å². The number of amides is 1. The molecule has 2 heterocycles. The molecule has 2 aromatic rings. The molecule has 2 fully saturated rings. The number of aromatic nitrogens is 1. The number of hydrogen-bond donors (Lipinski definition) is 1. The number of fused-ring (bicyclic) bond motifs is 1. The van der Waals surface area contributed by atoms with Crippen LogP contribution in [0.1, 0.15) is 40.7 Å². The first-order chi connectivity index (χ1) is 12.1. The van der Waals surface area contributed by atoms with Gasteiger partial charge in [0.2, 0.25) is 0 Å². The van der Waals surface area contributed by atoms with Crippen LogP contribution >= 0.6 is 11.3 Å². The lowest BCUT2D eigenvalue weighted by molar-refractivity contribution is 0.0756. The van der Waals surface area contributed by atoms with Crippen molar-refractivity contribution in [2.45, 2.75) is 39.2 Å². The summed E-state index contributed by atoms with van der Waals surface area (Å²) >= 11 is 1.49. The van der Waals surface area contributed by atoms with Gasteiger partial charge in [-0.25, -0.2) is 4.98 Å². The highest BCUT2D eigenvalue weighted by molar-refractivity contribution is 7.17. The van der Waals surface area contributed by atoms with Crippen molar-refractivity contribution in [3.63, 3.8) is 0 Å². The van der Waals surface area contributed by atoms with Crippen LogP contribution in [0.2, 0.25) is 0 Å². The quantitative estimate of drug-likeness (QED) is 0.915. The molecule has 1 N–H and O–H groups in total. The minimum absolute atomic E-state index is 0.0769. The van der Waals surface area contributed by atoms with Gasteiger partial charge < -0.3 is 10.0 Å². The maximum Gasteiger partial charge on any atom is 0.265 e. The van der Waals surface area contributed by atoms with Gasteiger partial charge in [0, 0.05) is 24.6 Å². The third-order valence-electron chi connectivity index (χ3n) is 5.71. The summed E-state index contributed by atoms with van der Waals surface area (Å²) in [5.74, 6) is 0.805. The summed E-state index contributed by atoms with van der Waals surface area (Å²) in [4.78, 5) is 20.3. The summed E-state index contributed by atoms with van der Waals surface area (Å²) in [6.07, 6.45) is 2.70. The molecule has 1 aromatic carbocycles. The van der Waals surface area contributed by atoms with Crippen LogP contribution in [0, 0.1) is 18.8 Å². The second kappa shape index (κ2) is 6.54. The molecular weight excluding hydrogens is 332 g/mol. The van der Waals surface area contributed by atoms with Crippen LogP contribution in [0.15, 0.2) is 24.3 Å². The van der Waals surface area contributed by atoms with E-state index in [1.165, 1.54) is 16.9 Å². The van der Waals surface area contributed by atoms with Gasteiger partial charge in [0.05, 0.1) is 11.8 Å². The summed E-state index contributed by atoms with van der Waals surface area (Å²) in [5.41, 5.74) is 3.18. The maximum absolute atomic E-state index is 13.0. The first-order valence-corrected chi connectivity index (χ1v) is 9.92. The molecule has 1 amide bonds. The Bertz CT molecular complexity index is 783. The molecule has 0 bridgehead atoms. The lowest BCUT2D eigenvalue weighted by Gasteiger charge is -2.17. The molecule has 3 atom stereocenters. The summed E-state index contributed by atoms with van der Waals surface area (Å²) in [6, 6.07) is 8.41. The van der Waals surface area contributed by atoms with Crippen molar-refractivity contribution in [1.82, 2.24) is 9.88 Å². The van der Waals surface area contributed by atoms with Gasteiger partial charge in [0.15, 0.2) is 0 Å². The van der Waals surface area contributed by atoms with E-state index >= 15 is 0 Å². The van der Waals surface area contributed by atoms with E-state index in [4.69, 9.17) is 0 Å². The Morgan fingerprint density at radius 3 is 2.72 bits per heavy atom. The van der Waals surface area contributed by atoms with Gasteiger partial charge in [0.25, 0.3) is 5.91 Å². The smallest absolute Gasteiger partial charge is 0.265 e. The Kier molecular flexibility index (Phi) is 4.38. The first-order valence-electron chi connectivity index (χ1n) is 9.11. The Morgan fingerprint density at radius 1 is 1.28 bits per heavy atom. The average Bonchev–Trinajstić information content (AvgIpc) is 3.31. The van der Waals surface area contributed by atoms with E-state index in [2.05, 4.69) is 36.2 Å². The number of aryl methyl sites for hydroxylation is 2. The summed E-state index contributed by atoms with van der Waals surface area (Å²) in [7, 11) is 0. The molecule has 4 rings (SSSR count). The zero-order chi connectivity index (χ0) is 17.6. The Labute approximate surface area is 152 Å². The van der Waals surface area contributed by atoms with Gasteiger partial charge >= 0.3 is 0 Å². The van der Waals surface area contributed by atoms with Gasteiger partial charge in [-0.05, 0) is 37.7 Å². The number of likely N-dealkylation sites (tertiary alicyclic amines) is 1. The molecule has 4 nitrogen and oxygen atoms in total. The molecule has 1 saturated carbocycles. The van der Waals surface area contributed by atoms with Crippen molar-refractivity contribution in [1.29, 1.82) is 0 Å². The van der Waals surface area contributed by atoms with Crippen LogP contribution in [-0.4, -0.2) is 40.1 Å². The van der Waals surface area contributed by atoms with Crippen LogP contribution < -0.4 is 0 Å². The fourth-order valence-corrected chi connectivity index (χ4v) is 5.19. The highest BCUT2D eigenvalue weighted by atomic mass is 32.1. The number of carbonyl (C=O) groups is 1. The number of rotatable bonds is 3. The Morgan fingerprint density at radius 2 is 2.04 bits per heavy atom. The van der Waals surface area contributed by atoms with Gasteiger partial charge in [-0.15, -0.1) is 11.3 Å². The normalized spacial score (nSPS) is 25.4. The first kappa shape index (κ1) is 16.7. The van der Waals surface area contributed by atoms with E-state index in [1.54, 1.807) is 0 Å². The van der Waals surface area contributed by atoms with Crippen LogP contribution in [0.3, 0.4) is 0 Å². The van der Waals surface area contributed by atoms with Gasteiger partial charge in [-0.2, -0.15) is 0 Å². The summed E-state index contributed by atoms with van der Waals surface area (Å²) < 4.78 is 0. The predicted octanol–water partition coefficient (Wildman–Crippen LogP) is 3.52. The Balaban J connectivity index is 1.55. The lowest BCUT2D eigenvalue weighted by Crippen LogP contribution is -2.30. The van der Waals surface area contributed by atoms with Crippen LogP contribution in [0.5, 0.6) is 0 Å². The maximum atomic E-state index is 13.0. The number of thiazole rings is 1. The highest BCUT2D eigenvalue weighted by Crippen LogP contribution is 2.39. The summed E-state index contributed by atoms with van der Waals surface area (Å²) in [6.45, 7) is 5.52. The SMILES string of the molecule is CCc1ccc(-c2nc(C)c(C(=O)N3C[C@@H]4CC[C@@H](O)[C@@H]4C3)s2)cc1. The molecular formula is C20H24N2O2S. The van der Waals surface area contributed by atoms with E-state index < -0.39 is 0 Å². The molecule has 2 aliphatic rings. The van der Waals surface area contributed by atoms with E-state index in [0.717, 1.165) is 46.9 Å². The van der Waals surface area contributed by atoms with Crippen molar-refractivity contribution in [3.8, 4) is 10.6 Å². The monoisotopic (exact) mass is 356 g/mol. The zero-order valence-electron chi connectivity index (χ0n) is 14.7. The fraction of sp³-hybridized carbons (Fsp3) is 0.500. The van der Waals surface area contributed by atoms with E-state index in [1.807, 2.05) is 11.8 Å². The molecule has 1 aliphatic heterocycles. The van der Waals surface area contributed by atoms with Crippen molar-refractivity contribution in [2.24, 2.45) is 11.8 Å². The van der Waals surface area contributed by atoms with Crippen LogP contribution in [-0.2, 0) is 6.42 Å². The molecule has 0 spiro atoms. The second-order valence-corrected chi connectivity index (χ2v) is 8.26. The fourth-order valence-electron chi connectivity index (χ4n) is 4.15. The van der Waals surface area contributed by atoms with Crippen molar-refractivity contribution in [3.05, 3.63) is 40.4 Å². The topological polar surface area (TPSA) is 53.4 Å². The average molecular weight is 356 g/mol. The molecule has 1 aliphatic carbocycles. The molecule has 25 heavy (non-hydrogen) atoms. The number of benzene rings is 1. The van der Waals surface area contributed by atoms with Crippen molar-refractivity contribution >= 4 is 17.2 Å². The molecule has 132 valence electrons. The van der Waals surface area contributed by atoms with Crippen LogP contribution in [0.25, 0.3) is 10.6 Å². The number of aliphatic hydroxyl groups excluding tert-OH is 1. The third kappa shape index (κ3) is 3.00. The minimum Gasteiger partial charge on any atom is -0.393 e. The number of nitrogens with zero attached hydrogens (tertiary/aromatic N) is 2. The Hall–Kier alpha value is -1.72. The van der Waals surface area contributed by atoms with Gasteiger partial charge in [-0.3, -0.25) is 4.79 Å².